The highest BCUT2D eigenvalue weighted by molar-refractivity contribution is 6.36. The molecule has 3 aliphatic heterocycles. The minimum Gasteiger partial charge on any atom is -0.353 e. The number of hydrogen-bond donors (Lipinski definition) is 1. The average Bonchev–Trinajstić information content (AvgIpc) is 3.05. The van der Waals surface area contributed by atoms with Gasteiger partial charge in [0.2, 0.25) is 5.78 Å². The monoisotopic (exact) mass is 370 g/mol. The summed E-state index contributed by atoms with van der Waals surface area (Å²) in [5.74, 6) is -1.54. The van der Waals surface area contributed by atoms with E-state index in [-0.39, 0.29) is 30.3 Å². The number of amides is 1. The second-order valence-corrected chi connectivity index (χ2v) is 8.25. The zero-order chi connectivity index (χ0) is 19.1. The third-order valence-electron chi connectivity index (χ3n) is 5.43. The van der Waals surface area contributed by atoms with Crippen LogP contribution in [0.3, 0.4) is 0 Å². The topological polar surface area (TPSA) is 100 Å². The average molecular weight is 370 g/mol. The fraction of sp³-hybridized carbons (Fsp3) is 0.889. The number of Topliss-reactive ketones (excluding diaryl/α,β-unsaturated/α-hetero) is 1. The number of carbonyl (C=O) groups is 2. The van der Waals surface area contributed by atoms with Crippen LogP contribution in [0.5, 0.6) is 0 Å². The third-order valence-corrected chi connectivity index (χ3v) is 5.43. The first kappa shape index (κ1) is 19.7. The second kappa shape index (κ2) is 7.16. The van der Waals surface area contributed by atoms with E-state index < -0.39 is 23.8 Å². The molecule has 3 rings (SSSR count). The van der Waals surface area contributed by atoms with E-state index in [1.54, 1.807) is 12.0 Å². The molecule has 0 aliphatic carbocycles. The highest BCUT2D eigenvalue weighted by Crippen LogP contribution is 2.40. The van der Waals surface area contributed by atoms with Gasteiger partial charge in [0.15, 0.2) is 12.1 Å². The van der Waals surface area contributed by atoms with Crippen molar-refractivity contribution in [1.29, 1.82) is 0 Å². The first-order valence-electron chi connectivity index (χ1n) is 9.27. The Morgan fingerprint density at radius 3 is 2.38 bits per heavy atom. The van der Waals surface area contributed by atoms with Crippen LogP contribution in [-0.4, -0.2) is 72.7 Å². The summed E-state index contributed by atoms with van der Waals surface area (Å²) in [6.07, 6.45) is 0.436. The Morgan fingerprint density at radius 2 is 1.77 bits per heavy atom. The standard InChI is InChI=1S/C18H30N2O6/c1-17(2)25-13-12(24-16(23-4)14(13)26-17)6-5-11(21)15(22)20-9-7-18(3,19)8-10-20/h12-14,16H,5-10,19H2,1-4H3/t12-,13-,14-,16-/m1/s1. The maximum Gasteiger partial charge on any atom is 0.289 e. The molecule has 0 spiro atoms. The molecule has 8 heteroatoms. The van der Waals surface area contributed by atoms with Gasteiger partial charge >= 0.3 is 0 Å². The molecule has 148 valence electrons. The van der Waals surface area contributed by atoms with Crippen LogP contribution in [0.4, 0.5) is 0 Å². The summed E-state index contributed by atoms with van der Waals surface area (Å²) in [7, 11) is 1.55. The van der Waals surface area contributed by atoms with E-state index in [1.165, 1.54) is 0 Å². The summed E-state index contributed by atoms with van der Waals surface area (Å²) in [6.45, 7) is 6.71. The SMILES string of the molecule is CO[C@@H]1O[C@H](CCC(=O)C(=O)N2CCC(C)(N)CC2)[C@H]2OC(C)(C)O[C@@H]12. The fourth-order valence-corrected chi connectivity index (χ4v) is 3.84. The van der Waals surface area contributed by atoms with Crippen LogP contribution < -0.4 is 5.73 Å². The maximum absolute atomic E-state index is 12.4. The highest BCUT2D eigenvalue weighted by atomic mass is 16.8. The first-order chi connectivity index (χ1) is 12.1. The molecule has 3 saturated heterocycles. The van der Waals surface area contributed by atoms with Gasteiger partial charge in [0.1, 0.15) is 12.2 Å². The molecule has 3 fully saturated rings. The van der Waals surface area contributed by atoms with Gasteiger partial charge in [-0.15, -0.1) is 0 Å². The van der Waals surface area contributed by atoms with Gasteiger partial charge in [0.05, 0.1) is 6.10 Å². The van der Waals surface area contributed by atoms with Crippen molar-refractivity contribution >= 4 is 11.7 Å². The number of hydrogen-bond acceptors (Lipinski definition) is 7. The molecule has 1 amide bonds. The summed E-state index contributed by atoms with van der Waals surface area (Å²) in [4.78, 5) is 26.3. The molecule has 0 aromatic carbocycles. The van der Waals surface area contributed by atoms with Gasteiger partial charge in [0, 0.05) is 32.2 Å². The van der Waals surface area contributed by atoms with Crippen LogP contribution in [0.15, 0.2) is 0 Å². The summed E-state index contributed by atoms with van der Waals surface area (Å²) in [5.41, 5.74) is 5.82. The maximum atomic E-state index is 12.4. The number of carbonyl (C=O) groups excluding carboxylic acids is 2. The van der Waals surface area contributed by atoms with Crippen molar-refractivity contribution in [2.45, 2.75) is 82.4 Å². The van der Waals surface area contributed by atoms with Crippen molar-refractivity contribution in [3.05, 3.63) is 0 Å². The highest BCUT2D eigenvalue weighted by Gasteiger charge is 2.55. The predicted octanol–water partition coefficient (Wildman–Crippen LogP) is 0.567. The lowest BCUT2D eigenvalue weighted by Gasteiger charge is -2.36. The van der Waals surface area contributed by atoms with E-state index in [9.17, 15) is 9.59 Å². The lowest BCUT2D eigenvalue weighted by molar-refractivity contribution is -0.227. The number of nitrogens with two attached hydrogens (primary N) is 1. The Balaban J connectivity index is 1.52. The van der Waals surface area contributed by atoms with E-state index in [0.29, 0.717) is 32.4 Å². The molecule has 26 heavy (non-hydrogen) atoms. The van der Waals surface area contributed by atoms with Crippen molar-refractivity contribution < 1.29 is 28.5 Å². The third kappa shape index (κ3) is 4.09. The van der Waals surface area contributed by atoms with Gasteiger partial charge in [-0.25, -0.2) is 0 Å². The molecule has 0 saturated carbocycles. The largest absolute Gasteiger partial charge is 0.353 e. The number of likely N-dealkylation sites (tertiary alicyclic amines) is 1. The van der Waals surface area contributed by atoms with Gasteiger partial charge in [0.25, 0.3) is 5.91 Å². The number of rotatable bonds is 5. The number of nitrogens with zero attached hydrogens (tertiary/aromatic N) is 1. The van der Waals surface area contributed by atoms with Crippen molar-refractivity contribution in [1.82, 2.24) is 4.90 Å². The molecule has 0 unspecified atom stereocenters. The van der Waals surface area contributed by atoms with Gasteiger partial charge in [-0.2, -0.15) is 0 Å². The Hall–Kier alpha value is -1.06. The molecule has 8 nitrogen and oxygen atoms in total. The molecule has 0 aromatic rings. The van der Waals surface area contributed by atoms with E-state index in [2.05, 4.69) is 0 Å². The van der Waals surface area contributed by atoms with Crippen molar-refractivity contribution in [3.63, 3.8) is 0 Å². The lowest BCUT2D eigenvalue weighted by atomic mass is 9.91. The minimum atomic E-state index is -0.712. The van der Waals surface area contributed by atoms with E-state index in [1.807, 2.05) is 20.8 Å². The summed E-state index contributed by atoms with van der Waals surface area (Å²) in [6, 6.07) is 0. The van der Waals surface area contributed by atoms with E-state index in [4.69, 9.17) is 24.7 Å². The first-order valence-corrected chi connectivity index (χ1v) is 9.27. The molecule has 3 heterocycles. The van der Waals surface area contributed by atoms with Crippen LogP contribution in [-0.2, 0) is 28.5 Å². The summed E-state index contributed by atoms with van der Waals surface area (Å²) in [5, 5.41) is 0. The smallest absolute Gasteiger partial charge is 0.289 e. The van der Waals surface area contributed by atoms with Gasteiger partial charge in [-0.1, -0.05) is 0 Å². The van der Waals surface area contributed by atoms with Crippen LogP contribution in [0, 0.1) is 0 Å². The fourth-order valence-electron chi connectivity index (χ4n) is 3.84. The summed E-state index contributed by atoms with van der Waals surface area (Å²) < 4.78 is 22.9. The van der Waals surface area contributed by atoms with E-state index in [0.717, 1.165) is 0 Å². The Morgan fingerprint density at radius 1 is 1.15 bits per heavy atom. The number of fused-ring (bicyclic) bond motifs is 1. The Bertz CT molecular complexity index is 554. The van der Waals surface area contributed by atoms with Crippen LogP contribution in [0.1, 0.15) is 46.5 Å². The predicted molar refractivity (Wildman–Crippen MR) is 92.1 cm³/mol. The molecule has 0 aromatic heterocycles. The zero-order valence-electron chi connectivity index (χ0n) is 16.0. The molecular formula is C18H30N2O6. The zero-order valence-corrected chi connectivity index (χ0v) is 16.0. The summed E-state index contributed by atoms with van der Waals surface area (Å²) >= 11 is 0. The lowest BCUT2D eigenvalue weighted by Crippen LogP contribution is -2.51. The van der Waals surface area contributed by atoms with E-state index >= 15 is 0 Å². The molecule has 0 radical (unpaired) electrons. The molecule has 3 aliphatic rings. The quantitative estimate of drug-likeness (QED) is 0.706. The van der Waals surface area contributed by atoms with Crippen LogP contribution in [0.25, 0.3) is 0 Å². The minimum absolute atomic E-state index is 0.114. The Kier molecular flexibility index (Phi) is 5.43. The van der Waals surface area contributed by atoms with Crippen molar-refractivity contribution in [2.75, 3.05) is 20.2 Å². The number of piperidine rings is 1. The van der Waals surface area contributed by atoms with Gasteiger partial charge in [-0.05, 0) is 40.0 Å². The molecule has 4 atom stereocenters. The van der Waals surface area contributed by atoms with Crippen LogP contribution in [0.2, 0.25) is 0 Å². The van der Waals surface area contributed by atoms with Crippen molar-refractivity contribution in [2.24, 2.45) is 5.73 Å². The van der Waals surface area contributed by atoms with Gasteiger partial charge < -0.3 is 29.6 Å². The second-order valence-electron chi connectivity index (χ2n) is 8.25. The Labute approximate surface area is 154 Å². The molecular weight excluding hydrogens is 340 g/mol. The number of ketones is 1. The number of ether oxygens (including phenoxy) is 4. The molecule has 2 N–H and O–H groups in total. The number of methoxy groups -OCH3 is 1. The van der Waals surface area contributed by atoms with Crippen LogP contribution >= 0.6 is 0 Å². The normalized spacial score (nSPS) is 35.3. The molecule has 0 bridgehead atoms. The van der Waals surface area contributed by atoms with Gasteiger partial charge in [-0.3, -0.25) is 9.59 Å². The van der Waals surface area contributed by atoms with Crippen molar-refractivity contribution in [3.8, 4) is 0 Å².